The van der Waals surface area contributed by atoms with Gasteiger partial charge in [0.15, 0.2) is 5.78 Å². The Bertz CT molecular complexity index is 1560. The monoisotopic (exact) mass is 462 g/mol. The second-order valence-electron chi connectivity index (χ2n) is 10.2. The van der Waals surface area contributed by atoms with Crippen LogP contribution >= 0.6 is 0 Å². The van der Waals surface area contributed by atoms with Crippen LogP contribution in [0.4, 0.5) is 5.69 Å². The van der Waals surface area contributed by atoms with Gasteiger partial charge in [-0.15, -0.1) is 0 Å². The average molecular weight is 463 g/mol. The van der Waals surface area contributed by atoms with Gasteiger partial charge in [-0.2, -0.15) is 0 Å². The van der Waals surface area contributed by atoms with Crippen molar-refractivity contribution in [3.05, 3.63) is 95.3 Å². The lowest BCUT2D eigenvalue weighted by atomic mass is 9.68. The molecule has 6 rings (SSSR count). The van der Waals surface area contributed by atoms with Crippen molar-refractivity contribution >= 4 is 33.8 Å². The van der Waals surface area contributed by atoms with E-state index in [4.69, 9.17) is 4.42 Å². The van der Waals surface area contributed by atoms with E-state index < -0.39 is 5.97 Å². The van der Waals surface area contributed by atoms with Crippen molar-refractivity contribution in [3.63, 3.8) is 0 Å². The van der Waals surface area contributed by atoms with Crippen LogP contribution < -0.4 is 10.4 Å². The molecule has 0 amide bonds. The molecule has 5 nitrogen and oxygen atoms in total. The zero-order valence-corrected chi connectivity index (χ0v) is 19.6. The summed E-state index contributed by atoms with van der Waals surface area (Å²) in [5, 5.41) is 17.4. The third-order valence-electron chi connectivity index (χ3n) is 7.06. The first kappa shape index (κ1) is 21.4. The summed E-state index contributed by atoms with van der Waals surface area (Å²) in [6, 6.07) is 22.2. The number of ketones is 1. The second kappa shape index (κ2) is 7.70. The van der Waals surface area contributed by atoms with Crippen LogP contribution in [0.3, 0.4) is 0 Å². The van der Waals surface area contributed by atoms with Gasteiger partial charge in [0.05, 0.1) is 5.97 Å². The highest BCUT2D eigenvalue weighted by Crippen LogP contribution is 2.52. The number of nitrogens with one attached hydrogen (secondary N) is 1. The minimum atomic E-state index is -1.25. The lowest BCUT2D eigenvalue weighted by Crippen LogP contribution is -2.32. The van der Waals surface area contributed by atoms with Gasteiger partial charge in [0, 0.05) is 34.4 Å². The molecule has 0 saturated carbocycles. The van der Waals surface area contributed by atoms with Crippen molar-refractivity contribution < 1.29 is 19.1 Å². The first-order chi connectivity index (χ1) is 16.8. The molecule has 0 saturated heterocycles. The van der Waals surface area contributed by atoms with Gasteiger partial charge < -0.3 is 19.6 Å². The normalized spacial score (nSPS) is 18.7. The van der Waals surface area contributed by atoms with Crippen molar-refractivity contribution in [2.24, 2.45) is 5.41 Å². The van der Waals surface area contributed by atoms with Gasteiger partial charge in [-0.1, -0.05) is 68.4 Å². The summed E-state index contributed by atoms with van der Waals surface area (Å²) < 4.78 is 6.26. The first-order valence-electron chi connectivity index (χ1n) is 11.8. The number of carbonyl (C=O) groups is 2. The number of anilines is 1. The molecule has 4 aromatic rings. The maximum absolute atomic E-state index is 13.6. The van der Waals surface area contributed by atoms with E-state index in [2.05, 4.69) is 37.4 Å². The highest BCUT2D eigenvalue weighted by Gasteiger charge is 2.41. The number of benzene rings is 3. The molecule has 35 heavy (non-hydrogen) atoms. The molecule has 0 bridgehead atoms. The van der Waals surface area contributed by atoms with Crippen LogP contribution in [0.1, 0.15) is 54.4 Å². The van der Waals surface area contributed by atoms with Crippen molar-refractivity contribution in [2.75, 3.05) is 5.32 Å². The van der Waals surface area contributed by atoms with E-state index >= 15 is 0 Å². The number of carboxylic acids is 1. The Labute approximate surface area is 203 Å². The minimum absolute atomic E-state index is 0.0794. The molecule has 1 aliphatic heterocycles. The maximum Gasteiger partial charge on any atom is 0.164 e. The Balaban J connectivity index is 1.53. The van der Waals surface area contributed by atoms with E-state index in [0.717, 1.165) is 39.6 Å². The topological polar surface area (TPSA) is 82.4 Å². The van der Waals surface area contributed by atoms with Crippen molar-refractivity contribution in [1.82, 2.24) is 0 Å². The Morgan fingerprint density at radius 1 is 0.971 bits per heavy atom. The van der Waals surface area contributed by atoms with Gasteiger partial charge >= 0.3 is 0 Å². The van der Waals surface area contributed by atoms with Gasteiger partial charge in [-0.05, 0) is 46.4 Å². The van der Waals surface area contributed by atoms with Crippen LogP contribution in [-0.4, -0.2) is 11.8 Å². The van der Waals surface area contributed by atoms with Gasteiger partial charge in [0.2, 0.25) is 0 Å². The van der Waals surface area contributed by atoms with E-state index in [-0.39, 0.29) is 22.8 Å². The Morgan fingerprint density at radius 2 is 1.74 bits per heavy atom. The summed E-state index contributed by atoms with van der Waals surface area (Å²) in [6.45, 7) is 4.24. The second-order valence-corrected chi connectivity index (χ2v) is 10.2. The number of carboxylic acid groups (broad SMARTS) is 1. The third kappa shape index (κ3) is 3.46. The summed E-state index contributed by atoms with van der Waals surface area (Å²) in [5.74, 6) is -0.00591. The molecule has 3 aromatic carbocycles. The van der Waals surface area contributed by atoms with Crippen LogP contribution in [0.2, 0.25) is 0 Å². The molecular weight excluding hydrogens is 438 g/mol. The minimum Gasteiger partial charge on any atom is -0.545 e. The first-order valence-corrected chi connectivity index (χ1v) is 11.8. The fourth-order valence-electron chi connectivity index (χ4n) is 5.59. The van der Waals surface area contributed by atoms with Gasteiger partial charge in [0.1, 0.15) is 17.6 Å². The van der Waals surface area contributed by atoms with Crippen LogP contribution in [0, 0.1) is 5.41 Å². The molecule has 1 aromatic heterocycles. The number of furan rings is 1. The molecule has 5 heteroatoms. The molecular formula is C30H24NO4-. The number of allylic oxidation sites excluding steroid dienone is 1. The number of hydrogen-bond donors (Lipinski definition) is 1. The van der Waals surface area contributed by atoms with Crippen LogP contribution in [0.25, 0.3) is 27.7 Å². The van der Waals surface area contributed by atoms with E-state index in [1.165, 1.54) is 6.07 Å². The molecule has 1 N–H and O–H groups in total. The predicted molar refractivity (Wildman–Crippen MR) is 134 cm³/mol. The number of rotatable bonds is 3. The summed E-state index contributed by atoms with van der Waals surface area (Å²) in [6.07, 6.45) is 1.24. The standard InChI is InChI=1S/C30H25NO4/c1-30(2)15-21-27(23(32)16-30)26-18-8-4-3-7-17(18)11-12-22(26)31-28(21)25-14-13-24(35-25)19-9-5-6-10-20(19)29(33)34/h3-14,28,31H,15-16H2,1-2H3,(H,33,34)/p-1. The molecule has 0 radical (unpaired) electrons. The average Bonchev–Trinajstić information content (AvgIpc) is 3.32. The predicted octanol–water partition coefficient (Wildman–Crippen LogP) is 5.77. The number of fused-ring (bicyclic) bond motifs is 4. The fraction of sp³-hybridized carbons (Fsp3) is 0.200. The lowest BCUT2D eigenvalue weighted by Gasteiger charge is -2.39. The summed E-state index contributed by atoms with van der Waals surface area (Å²) in [7, 11) is 0. The van der Waals surface area contributed by atoms with Gasteiger partial charge in [-0.25, -0.2) is 0 Å². The molecule has 1 atom stereocenters. The Kier molecular flexibility index (Phi) is 4.71. The maximum atomic E-state index is 13.6. The molecule has 0 spiro atoms. The molecule has 2 aliphatic rings. The molecule has 2 heterocycles. The van der Waals surface area contributed by atoms with E-state index in [9.17, 15) is 14.7 Å². The smallest absolute Gasteiger partial charge is 0.164 e. The van der Waals surface area contributed by atoms with Crippen molar-refractivity contribution in [2.45, 2.75) is 32.7 Å². The van der Waals surface area contributed by atoms with Gasteiger partial charge in [-0.3, -0.25) is 4.79 Å². The molecule has 1 unspecified atom stereocenters. The molecule has 174 valence electrons. The van der Waals surface area contributed by atoms with E-state index in [0.29, 0.717) is 23.5 Å². The molecule has 0 fully saturated rings. The van der Waals surface area contributed by atoms with E-state index in [1.54, 1.807) is 24.3 Å². The SMILES string of the molecule is CC1(C)CC(=O)C2=C(C1)C(c1ccc(-c3ccccc3C(=O)[O-])o1)Nc1ccc3ccccc3c12. The highest BCUT2D eigenvalue weighted by molar-refractivity contribution is 6.28. The summed E-state index contributed by atoms with van der Waals surface area (Å²) in [4.78, 5) is 25.2. The van der Waals surface area contributed by atoms with E-state index in [1.807, 2.05) is 24.3 Å². The summed E-state index contributed by atoms with van der Waals surface area (Å²) >= 11 is 0. The fourth-order valence-corrected chi connectivity index (χ4v) is 5.59. The summed E-state index contributed by atoms with van der Waals surface area (Å²) in [5.41, 5.74) is 4.04. The van der Waals surface area contributed by atoms with Crippen molar-refractivity contribution in [3.8, 4) is 11.3 Å². The zero-order chi connectivity index (χ0) is 24.3. The number of hydrogen-bond acceptors (Lipinski definition) is 5. The molecule has 1 aliphatic carbocycles. The van der Waals surface area contributed by atoms with Crippen LogP contribution in [0.15, 0.2) is 82.8 Å². The number of aromatic carboxylic acids is 1. The quantitative estimate of drug-likeness (QED) is 0.418. The van der Waals surface area contributed by atoms with Crippen LogP contribution in [-0.2, 0) is 4.79 Å². The zero-order valence-electron chi connectivity index (χ0n) is 19.6. The lowest BCUT2D eigenvalue weighted by molar-refractivity contribution is -0.254. The number of carbonyl (C=O) groups excluding carboxylic acids is 2. The van der Waals surface area contributed by atoms with Crippen LogP contribution in [0.5, 0.6) is 0 Å². The largest absolute Gasteiger partial charge is 0.545 e. The van der Waals surface area contributed by atoms with Gasteiger partial charge in [0.25, 0.3) is 0 Å². The Morgan fingerprint density at radius 3 is 2.57 bits per heavy atom. The third-order valence-corrected chi connectivity index (χ3v) is 7.06. The Hall–Kier alpha value is -4.12. The highest BCUT2D eigenvalue weighted by atomic mass is 16.4. The number of Topliss-reactive ketones (excluding diaryl/α,β-unsaturated/α-hetero) is 1. The van der Waals surface area contributed by atoms with Crippen molar-refractivity contribution in [1.29, 1.82) is 0 Å².